The van der Waals surface area contributed by atoms with Crippen molar-refractivity contribution in [3.63, 3.8) is 0 Å². The molecule has 1 heterocycles. The number of halogens is 1. The number of nitrogens with zero attached hydrogens (tertiary/aromatic N) is 2. The molecule has 0 atom stereocenters. The summed E-state index contributed by atoms with van der Waals surface area (Å²) in [5.74, 6) is -0.113. The molecule has 3 rings (SSSR count). The van der Waals surface area contributed by atoms with Gasteiger partial charge in [0.05, 0.1) is 18.5 Å². The van der Waals surface area contributed by atoms with Gasteiger partial charge in [-0.2, -0.15) is 9.78 Å². The van der Waals surface area contributed by atoms with Crippen LogP contribution in [0.15, 0.2) is 64.4 Å². The molecule has 0 spiro atoms. The lowest BCUT2D eigenvalue weighted by atomic mass is 10.1. The number of thioether (sulfide) groups is 1. The number of rotatable bonds is 6. The van der Waals surface area contributed by atoms with Crippen LogP contribution in [-0.4, -0.2) is 22.6 Å². The van der Waals surface area contributed by atoms with Gasteiger partial charge in [0, 0.05) is 10.5 Å². The second-order valence-electron chi connectivity index (χ2n) is 5.66. The fourth-order valence-electron chi connectivity index (χ4n) is 2.52. The van der Waals surface area contributed by atoms with E-state index in [0.717, 1.165) is 16.9 Å². The molecule has 0 N–H and O–H groups in total. The molecule has 134 valence electrons. The third-order valence-corrected chi connectivity index (χ3v) is 4.60. The van der Waals surface area contributed by atoms with Crippen LogP contribution in [0.25, 0.3) is 16.8 Å². The van der Waals surface area contributed by atoms with E-state index in [4.69, 9.17) is 4.74 Å². The highest BCUT2D eigenvalue weighted by atomic mass is 32.2. The van der Waals surface area contributed by atoms with Gasteiger partial charge < -0.3 is 4.74 Å². The van der Waals surface area contributed by atoms with Crippen molar-refractivity contribution in [2.45, 2.75) is 18.2 Å². The second kappa shape index (κ2) is 8.19. The van der Waals surface area contributed by atoms with Crippen molar-refractivity contribution in [2.75, 3.05) is 12.9 Å². The average Bonchev–Trinajstić information content (AvgIpc) is 2.68. The predicted molar refractivity (Wildman–Crippen MR) is 103 cm³/mol. The molecule has 4 nitrogen and oxygen atoms in total. The maximum absolute atomic E-state index is 13.2. The number of ether oxygens (including phenoxy) is 1. The molecular formula is C20H19FN2O2S. The fraction of sp³-hybridized carbons (Fsp3) is 0.200. The number of hydrogen-bond donors (Lipinski definition) is 0. The molecule has 3 aromatic rings. The van der Waals surface area contributed by atoms with Crippen LogP contribution >= 0.6 is 11.8 Å². The Kier molecular flexibility index (Phi) is 5.73. The summed E-state index contributed by atoms with van der Waals surface area (Å²) in [6.45, 7) is 2.41. The van der Waals surface area contributed by atoms with Crippen molar-refractivity contribution in [3.8, 4) is 22.6 Å². The van der Waals surface area contributed by atoms with Gasteiger partial charge in [0.15, 0.2) is 5.75 Å². The molecule has 0 saturated heterocycles. The van der Waals surface area contributed by atoms with E-state index in [1.54, 1.807) is 18.0 Å². The third kappa shape index (κ3) is 3.80. The van der Waals surface area contributed by atoms with Gasteiger partial charge in [-0.1, -0.05) is 19.1 Å². The van der Waals surface area contributed by atoms with Crippen LogP contribution in [0.3, 0.4) is 0 Å². The van der Waals surface area contributed by atoms with Crippen molar-refractivity contribution in [1.82, 2.24) is 9.78 Å². The van der Waals surface area contributed by atoms with Crippen molar-refractivity contribution >= 4 is 11.8 Å². The largest absolute Gasteiger partial charge is 0.487 e. The van der Waals surface area contributed by atoms with Crippen LogP contribution < -0.4 is 10.3 Å². The molecule has 0 aliphatic rings. The van der Waals surface area contributed by atoms with Gasteiger partial charge >= 0.3 is 5.56 Å². The van der Waals surface area contributed by atoms with E-state index in [1.807, 2.05) is 37.4 Å². The van der Waals surface area contributed by atoms with Crippen molar-refractivity contribution in [2.24, 2.45) is 0 Å². The van der Waals surface area contributed by atoms with Gasteiger partial charge in [-0.3, -0.25) is 4.79 Å². The zero-order valence-electron chi connectivity index (χ0n) is 14.6. The zero-order chi connectivity index (χ0) is 18.5. The minimum absolute atomic E-state index is 0.253. The van der Waals surface area contributed by atoms with Gasteiger partial charge in [-0.15, -0.1) is 11.8 Å². The number of aromatic nitrogens is 2. The van der Waals surface area contributed by atoms with Crippen molar-refractivity contribution in [3.05, 3.63) is 70.9 Å². The molecule has 0 aliphatic carbocycles. The van der Waals surface area contributed by atoms with E-state index in [0.29, 0.717) is 17.9 Å². The average molecular weight is 370 g/mol. The standard InChI is InChI=1S/C20H19FN2O2S/c1-3-12-25-19-18(14-4-10-17(26-2)11-5-14)13-22-23(20(19)24)16-8-6-15(21)7-9-16/h4-11,13H,3,12H2,1-2H3. The molecule has 0 amide bonds. The highest BCUT2D eigenvalue weighted by Crippen LogP contribution is 2.28. The summed E-state index contributed by atoms with van der Waals surface area (Å²) >= 11 is 1.65. The smallest absolute Gasteiger partial charge is 0.314 e. The number of benzene rings is 2. The van der Waals surface area contributed by atoms with E-state index >= 15 is 0 Å². The van der Waals surface area contributed by atoms with E-state index in [2.05, 4.69) is 5.10 Å². The minimum atomic E-state index is -0.366. The van der Waals surface area contributed by atoms with Crippen molar-refractivity contribution in [1.29, 1.82) is 0 Å². The monoisotopic (exact) mass is 370 g/mol. The van der Waals surface area contributed by atoms with Crippen molar-refractivity contribution < 1.29 is 9.13 Å². The lowest BCUT2D eigenvalue weighted by molar-refractivity contribution is 0.312. The van der Waals surface area contributed by atoms with Crippen LogP contribution in [0.2, 0.25) is 0 Å². The zero-order valence-corrected chi connectivity index (χ0v) is 15.4. The molecule has 0 saturated carbocycles. The van der Waals surface area contributed by atoms with E-state index in [9.17, 15) is 9.18 Å². The molecule has 1 aromatic heterocycles. The summed E-state index contributed by atoms with van der Waals surface area (Å²) in [7, 11) is 0. The topological polar surface area (TPSA) is 44.1 Å². The first-order chi connectivity index (χ1) is 12.6. The Labute approximate surface area is 155 Å². The normalized spacial score (nSPS) is 10.7. The van der Waals surface area contributed by atoms with E-state index < -0.39 is 0 Å². The van der Waals surface area contributed by atoms with Crippen LogP contribution in [0.5, 0.6) is 5.75 Å². The molecule has 0 bridgehead atoms. The molecule has 0 aliphatic heterocycles. The van der Waals surface area contributed by atoms with Crippen LogP contribution in [0.1, 0.15) is 13.3 Å². The van der Waals surface area contributed by atoms with Crippen LogP contribution in [-0.2, 0) is 0 Å². The van der Waals surface area contributed by atoms with Gasteiger partial charge in [0.25, 0.3) is 0 Å². The Bertz CT molecular complexity index is 938. The molecule has 0 fully saturated rings. The summed E-state index contributed by atoms with van der Waals surface area (Å²) in [4.78, 5) is 14.1. The fourth-order valence-corrected chi connectivity index (χ4v) is 2.93. The molecule has 2 aromatic carbocycles. The number of hydrogen-bond acceptors (Lipinski definition) is 4. The third-order valence-electron chi connectivity index (χ3n) is 3.86. The maximum Gasteiger partial charge on any atom is 0.314 e. The summed E-state index contributed by atoms with van der Waals surface area (Å²) in [5, 5.41) is 4.26. The highest BCUT2D eigenvalue weighted by molar-refractivity contribution is 7.98. The molecular weight excluding hydrogens is 351 g/mol. The van der Waals surface area contributed by atoms with E-state index in [-0.39, 0.29) is 17.1 Å². The Morgan fingerprint density at radius 3 is 2.42 bits per heavy atom. The Morgan fingerprint density at radius 1 is 1.12 bits per heavy atom. The quantitative estimate of drug-likeness (QED) is 0.597. The predicted octanol–water partition coefficient (Wildman–Crippen LogP) is 4.55. The summed E-state index contributed by atoms with van der Waals surface area (Å²) < 4.78 is 20.1. The summed E-state index contributed by atoms with van der Waals surface area (Å²) in [6, 6.07) is 13.5. The minimum Gasteiger partial charge on any atom is -0.487 e. The first-order valence-corrected chi connectivity index (χ1v) is 9.52. The summed E-state index contributed by atoms with van der Waals surface area (Å²) in [6.07, 6.45) is 4.41. The Balaban J connectivity index is 2.11. The van der Waals surface area contributed by atoms with E-state index in [1.165, 1.54) is 28.9 Å². The van der Waals surface area contributed by atoms with Crippen LogP contribution in [0, 0.1) is 5.82 Å². The van der Waals surface area contributed by atoms with Gasteiger partial charge in [0.2, 0.25) is 0 Å². The van der Waals surface area contributed by atoms with Crippen LogP contribution in [0.4, 0.5) is 4.39 Å². The lowest BCUT2D eigenvalue weighted by Gasteiger charge is -2.13. The first kappa shape index (κ1) is 18.2. The summed E-state index contributed by atoms with van der Waals surface area (Å²) in [5.41, 5.74) is 1.64. The maximum atomic E-state index is 13.2. The SMILES string of the molecule is CCCOc1c(-c2ccc(SC)cc2)cnn(-c2ccc(F)cc2)c1=O. The molecule has 6 heteroatoms. The Morgan fingerprint density at radius 2 is 1.81 bits per heavy atom. The highest BCUT2D eigenvalue weighted by Gasteiger charge is 2.15. The van der Waals surface area contributed by atoms with Gasteiger partial charge in [-0.05, 0) is 54.6 Å². The molecule has 0 unspecified atom stereocenters. The van der Waals surface area contributed by atoms with Gasteiger partial charge in [0.1, 0.15) is 5.82 Å². The lowest BCUT2D eigenvalue weighted by Crippen LogP contribution is -2.24. The second-order valence-corrected chi connectivity index (χ2v) is 6.54. The molecule has 0 radical (unpaired) electrons. The molecule has 26 heavy (non-hydrogen) atoms. The van der Waals surface area contributed by atoms with Gasteiger partial charge in [-0.25, -0.2) is 4.39 Å². The first-order valence-electron chi connectivity index (χ1n) is 8.29. The Hall–Kier alpha value is -2.60.